The van der Waals surface area contributed by atoms with Gasteiger partial charge in [0.25, 0.3) is 0 Å². The highest BCUT2D eigenvalue weighted by atomic mass is 35.5. The molecule has 0 amide bonds. The first-order chi connectivity index (χ1) is 8.09. The van der Waals surface area contributed by atoms with Crippen molar-refractivity contribution in [3.63, 3.8) is 0 Å². The van der Waals surface area contributed by atoms with Crippen LogP contribution in [-0.2, 0) is 4.74 Å². The number of carbonyl (C=O) groups excluding carboxylic acids is 1. The topological polar surface area (TPSA) is 26.3 Å². The Morgan fingerprint density at radius 3 is 2.76 bits per heavy atom. The second-order valence-electron chi connectivity index (χ2n) is 4.69. The summed E-state index contributed by atoms with van der Waals surface area (Å²) in [6.07, 6.45) is 1.90. The maximum atomic E-state index is 12.4. The molecule has 1 saturated heterocycles. The van der Waals surface area contributed by atoms with E-state index in [9.17, 15) is 4.79 Å². The van der Waals surface area contributed by atoms with E-state index in [1.165, 1.54) is 0 Å². The largest absolute Gasteiger partial charge is 0.381 e. The van der Waals surface area contributed by atoms with E-state index in [2.05, 4.69) is 0 Å². The summed E-state index contributed by atoms with van der Waals surface area (Å²) in [6, 6.07) is 3.77. The van der Waals surface area contributed by atoms with Crippen molar-refractivity contribution in [2.24, 2.45) is 5.92 Å². The molecule has 1 aromatic carbocycles. The molecule has 3 heteroatoms. The Bertz CT molecular complexity index is 434. The number of benzene rings is 1. The Morgan fingerprint density at radius 2 is 2.12 bits per heavy atom. The second-order valence-corrected chi connectivity index (χ2v) is 5.10. The number of hydrogen-bond donors (Lipinski definition) is 0. The zero-order chi connectivity index (χ0) is 12.4. The molecule has 92 valence electrons. The Balaban J connectivity index is 2.26. The van der Waals surface area contributed by atoms with Gasteiger partial charge in [0.15, 0.2) is 5.78 Å². The molecule has 0 aliphatic carbocycles. The van der Waals surface area contributed by atoms with Crippen LogP contribution < -0.4 is 0 Å². The Kier molecular flexibility index (Phi) is 3.85. The van der Waals surface area contributed by atoms with Gasteiger partial charge in [-0.1, -0.05) is 11.6 Å². The third-order valence-electron chi connectivity index (χ3n) is 3.30. The standard InChI is InChI=1S/C14H17ClO2/c1-9-7-13(15)10(2)6-12(9)14(16)11-4-3-5-17-8-11/h6-7,11H,3-5,8H2,1-2H3. The number of ketones is 1. The fourth-order valence-electron chi connectivity index (χ4n) is 2.21. The van der Waals surface area contributed by atoms with Crippen LogP contribution in [0.3, 0.4) is 0 Å². The van der Waals surface area contributed by atoms with Crippen molar-refractivity contribution in [2.45, 2.75) is 26.7 Å². The molecule has 1 fully saturated rings. The quantitative estimate of drug-likeness (QED) is 0.753. The predicted octanol–water partition coefficient (Wildman–Crippen LogP) is 3.57. The van der Waals surface area contributed by atoms with Crippen molar-refractivity contribution >= 4 is 17.4 Å². The van der Waals surface area contributed by atoms with Crippen molar-refractivity contribution in [1.29, 1.82) is 0 Å². The predicted molar refractivity (Wildman–Crippen MR) is 68.8 cm³/mol. The number of Topliss-reactive ketones (excluding diaryl/α,β-unsaturated/α-hetero) is 1. The van der Waals surface area contributed by atoms with Crippen LogP contribution in [0.4, 0.5) is 0 Å². The molecule has 1 aromatic rings. The lowest BCUT2D eigenvalue weighted by atomic mass is 9.90. The van der Waals surface area contributed by atoms with Gasteiger partial charge in [0.1, 0.15) is 0 Å². The van der Waals surface area contributed by atoms with Crippen molar-refractivity contribution in [3.8, 4) is 0 Å². The fraction of sp³-hybridized carbons (Fsp3) is 0.500. The normalized spacial score (nSPS) is 20.3. The Labute approximate surface area is 107 Å². The lowest BCUT2D eigenvalue weighted by Crippen LogP contribution is -2.25. The molecule has 1 atom stereocenters. The number of rotatable bonds is 2. The molecule has 0 spiro atoms. The van der Waals surface area contributed by atoms with Crippen molar-refractivity contribution < 1.29 is 9.53 Å². The third-order valence-corrected chi connectivity index (χ3v) is 3.71. The monoisotopic (exact) mass is 252 g/mol. The highest BCUT2D eigenvalue weighted by Gasteiger charge is 2.24. The number of aryl methyl sites for hydroxylation is 2. The van der Waals surface area contributed by atoms with E-state index in [1.54, 1.807) is 0 Å². The van der Waals surface area contributed by atoms with Crippen LogP contribution in [-0.4, -0.2) is 19.0 Å². The molecule has 0 bridgehead atoms. The Morgan fingerprint density at radius 1 is 1.35 bits per heavy atom. The van der Waals surface area contributed by atoms with Crippen molar-refractivity contribution in [1.82, 2.24) is 0 Å². The van der Waals surface area contributed by atoms with Crippen LogP contribution in [0.25, 0.3) is 0 Å². The van der Waals surface area contributed by atoms with Crippen LogP contribution in [0.15, 0.2) is 12.1 Å². The number of hydrogen-bond acceptors (Lipinski definition) is 2. The average molecular weight is 253 g/mol. The van der Waals surface area contributed by atoms with Gasteiger partial charge in [0, 0.05) is 23.1 Å². The van der Waals surface area contributed by atoms with Gasteiger partial charge in [-0.05, 0) is 49.9 Å². The van der Waals surface area contributed by atoms with Gasteiger partial charge in [0.2, 0.25) is 0 Å². The van der Waals surface area contributed by atoms with E-state index in [-0.39, 0.29) is 11.7 Å². The van der Waals surface area contributed by atoms with Gasteiger partial charge >= 0.3 is 0 Å². The van der Waals surface area contributed by atoms with E-state index < -0.39 is 0 Å². The maximum Gasteiger partial charge on any atom is 0.168 e. The van der Waals surface area contributed by atoms with E-state index >= 15 is 0 Å². The Hall–Kier alpha value is -0.860. The van der Waals surface area contributed by atoms with E-state index in [1.807, 2.05) is 26.0 Å². The SMILES string of the molecule is Cc1cc(C(=O)C2CCCOC2)c(C)cc1Cl. The molecule has 17 heavy (non-hydrogen) atoms. The smallest absolute Gasteiger partial charge is 0.168 e. The number of halogens is 1. The molecule has 0 saturated carbocycles. The summed E-state index contributed by atoms with van der Waals surface area (Å²) in [5, 5.41) is 0.721. The summed E-state index contributed by atoms with van der Waals surface area (Å²) in [4.78, 5) is 12.4. The highest BCUT2D eigenvalue weighted by molar-refractivity contribution is 6.31. The molecule has 1 aliphatic rings. The van der Waals surface area contributed by atoms with Crippen LogP contribution >= 0.6 is 11.6 Å². The summed E-state index contributed by atoms with van der Waals surface area (Å²) < 4.78 is 5.37. The van der Waals surface area contributed by atoms with Gasteiger partial charge in [-0.2, -0.15) is 0 Å². The first-order valence-electron chi connectivity index (χ1n) is 5.98. The molecule has 1 heterocycles. The van der Waals surface area contributed by atoms with E-state index in [4.69, 9.17) is 16.3 Å². The number of ether oxygens (including phenoxy) is 1. The average Bonchev–Trinajstić information content (AvgIpc) is 2.34. The van der Waals surface area contributed by atoms with Crippen LogP contribution in [0.1, 0.15) is 34.3 Å². The zero-order valence-electron chi connectivity index (χ0n) is 10.3. The fourth-order valence-corrected chi connectivity index (χ4v) is 2.43. The van der Waals surface area contributed by atoms with E-state index in [0.717, 1.165) is 41.2 Å². The molecule has 1 unspecified atom stereocenters. The summed E-state index contributed by atoms with van der Waals surface area (Å²) in [6.45, 7) is 5.19. The molecule has 2 nitrogen and oxygen atoms in total. The maximum absolute atomic E-state index is 12.4. The molecular weight excluding hydrogens is 236 g/mol. The first-order valence-corrected chi connectivity index (χ1v) is 6.36. The minimum Gasteiger partial charge on any atom is -0.381 e. The molecule has 0 radical (unpaired) electrons. The highest BCUT2D eigenvalue weighted by Crippen LogP contribution is 2.25. The van der Waals surface area contributed by atoms with Gasteiger partial charge in [-0.15, -0.1) is 0 Å². The summed E-state index contributed by atoms with van der Waals surface area (Å²) in [7, 11) is 0. The van der Waals surface area contributed by atoms with Crippen molar-refractivity contribution in [3.05, 3.63) is 33.8 Å². The van der Waals surface area contributed by atoms with Gasteiger partial charge in [-0.3, -0.25) is 4.79 Å². The minimum atomic E-state index is 0.0167. The van der Waals surface area contributed by atoms with Gasteiger partial charge < -0.3 is 4.74 Å². The van der Waals surface area contributed by atoms with Crippen molar-refractivity contribution in [2.75, 3.05) is 13.2 Å². The van der Waals surface area contributed by atoms with Gasteiger partial charge in [0.05, 0.1) is 6.61 Å². The lowest BCUT2D eigenvalue weighted by Gasteiger charge is -2.21. The lowest BCUT2D eigenvalue weighted by molar-refractivity contribution is 0.0461. The molecule has 0 aromatic heterocycles. The first kappa shape index (κ1) is 12.6. The molecular formula is C14H17ClO2. The minimum absolute atomic E-state index is 0.0167. The number of carbonyl (C=O) groups is 1. The summed E-state index contributed by atoms with van der Waals surface area (Å²) >= 11 is 6.04. The third kappa shape index (κ3) is 2.70. The van der Waals surface area contributed by atoms with Crippen LogP contribution in [0.2, 0.25) is 5.02 Å². The summed E-state index contributed by atoms with van der Waals surface area (Å²) in [5.74, 6) is 0.213. The second kappa shape index (κ2) is 5.19. The van der Waals surface area contributed by atoms with E-state index in [0.29, 0.717) is 6.61 Å². The molecule has 1 aliphatic heterocycles. The van der Waals surface area contributed by atoms with Crippen LogP contribution in [0, 0.1) is 19.8 Å². The van der Waals surface area contributed by atoms with Gasteiger partial charge in [-0.25, -0.2) is 0 Å². The zero-order valence-corrected chi connectivity index (χ0v) is 11.0. The molecule has 2 rings (SSSR count). The van der Waals surface area contributed by atoms with Crippen LogP contribution in [0.5, 0.6) is 0 Å². The summed E-state index contributed by atoms with van der Waals surface area (Å²) in [5.41, 5.74) is 2.70. The molecule has 0 N–H and O–H groups in total.